The van der Waals surface area contributed by atoms with E-state index in [4.69, 9.17) is 9.94 Å². The van der Waals surface area contributed by atoms with E-state index in [2.05, 4.69) is 5.16 Å². The molecule has 100 valence electrons. The highest BCUT2D eigenvalue weighted by molar-refractivity contribution is 6.36. The second-order valence-electron chi connectivity index (χ2n) is 4.71. The fraction of sp³-hybridized carbons (Fsp3) is 0.727. The fourth-order valence-corrected chi connectivity index (χ4v) is 2.22. The molecule has 1 fully saturated rings. The number of aliphatic carboxylic acids is 1. The van der Waals surface area contributed by atoms with Crippen molar-refractivity contribution in [1.82, 2.24) is 4.90 Å². The molecule has 7 heteroatoms. The lowest BCUT2D eigenvalue weighted by Crippen LogP contribution is -2.38. The van der Waals surface area contributed by atoms with Crippen LogP contribution in [0, 0.1) is 5.92 Å². The molecule has 2 aliphatic rings. The fourth-order valence-electron chi connectivity index (χ4n) is 2.22. The zero-order valence-corrected chi connectivity index (χ0v) is 10.1. The van der Waals surface area contributed by atoms with Gasteiger partial charge in [-0.2, -0.15) is 0 Å². The van der Waals surface area contributed by atoms with Crippen LogP contribution >= 0.6 is 0 Å². The Morgan fingerprint density at radius 3 is 2.78 bits per heavy atom. The summed E-state index contributed by atoms with van der Waals surface area (Å²) < 4.78 is 0. The largest absolute Gasteiger partial charge is 0.477 e. The summed E-state index contributed by atoms with van der Waals surface area (Å²) >= 11 is 0. The summed E-state index contributed by atoms with van der Waals surface area (Å²) in [6.07, 6.45) is -0.519. The van der Waals surface area contributed by atoms with Gasteiger partial charge < -0.3 is 20.0 Å². The molecule has 7 nitrogen and oxygen atoms in total. The standard InChI is InChI=1S/C11H16N2O5/c1-6(14)7-2-3-13(5-7)10(15)9-4-8(11(16)17)12-18-9/h6-7,9,14H,2-5H2,1H3,(H,16,17). The van der Waals surface area contributed by atoms with Crippen LogP contribution in [-0.2, 0) is 14.4 Å². The number of nitrogens with zero attached hydrogens (tertiary/aromatic N) is 2. The summed E-state index contributed by atoms with van der Waals surface area (Å²) in [6, 6.07) is 0. The first kappa shape index (κ1) is 12.8. The topological polar surface area (TPSA) is 99.4 Å². The van der Waals surface area contributed by atoms with Gasteiger partial charge in [-0.3, -0.25) is 4.79 Å². The highest BCUT2D eigenvalue weighted by Crippen LogP contribution is 2.22. The average Bonchev–Trinajstić information content (AvgIpc) is 2.97. The molecular formula is C11H16N2O5. The zero-order chi connectivity index (χ0) is 13.3. The van der Waals surface area contributed by atoms with Crippen LogP contribution in [0.4, 0.5) is 0 Å². The molecule has 0 bridgehead atoms. The van der Waals surface area contributed by atoms with Crippen molar-refractivity contribution in [3.05, 3.63) is 0 Å². The normalized spacial score (nSPS) is 28.8. The van der Waals surface area contributed by atoms with Crippen LogP contribution in [0.3, 0.4) is 0 Å². The number of carbonyl (C=O) groups is 2. The van der Waals surface area contributed by atoms with E-state index in [0.29, 0.717) is 13.1 Å². The Kier molecular flexibility index (Phi) is 3.51. The van der Waals surface area contributed by atoms with Gasteiger partial charge in [0.15, 0.2) is 5.71 Å². The van der Waals surface area contributed by atoms with Crippen molar-refractivity contribution >= 4 is 17.6 Å². The summed E-state index contributed by atoms with van der Waals surface area (Å²) in [7, 11) is 0. The van der Waals surface area contributed by atoms with Crippen LogP contribution in [0.5, 0.6) is 0 Å². The molecule has 3 atom stereocenters. The maximum absolute atomic E-state index is 12.0. The Balaban J connectivity index is 1.89. The first-order valence-electron chi connectivity index (χ1n) is 5.92. The Labute approximate surface area is 104 Å². The zero-order valence-electron chi connectivity index (χ0n) is 10.1. The lowest BCUT2D eigenvalue weighted by Gasteiger charge is -2.19. The van der Waals surface area contributed by atoms with Gasteiger partial charge in [0.05, 0.1) is 6.10 Å². The number of rotatable bonds is 3. The van der Waals surface area contributed by atoms with E-state index >= 15 is 0 Å². The predicted octanol–water partition coefficient (Wildman–Crippen LogP) is -0.555. The quantitative estimate of drug-likeness (QED) is 0.705. The number of hydrogen-bond donors (Lipinski definition) is 2. The lowest BCUT2D eigenvalue weighted by molar-refractivity contribution is -0.141. The number of oxime groups is 1. The smallest absolute Gasteiger partial charge is 0.353 e. The molecule has 0 spiro atoms. The van der Waals surface area contributed by atoms with Crippen LogP contribution in [0.15, 0.2) is 5.16 Å². The van der Waals surface area contributed by atoms with Gasteiger partial charge in [0, 0.05) is 25.4 Å². The van der Waals surface area contributed by atoms with Crippen LogP contribution < -0.4 is 0 Å². The molecule has 0 radical (unpaired) electrons. The van der Waals surface area contributed by atoms with E-state index in [-0.39, 0.29) is 24.0 Å². The van der Waals surface area contributed by atoms with Gasteiger partial charge in [-0.05, 0) is 13.3 Å². The molecule has 2 heterocycles. The third-order valence-electron chi connectivity index (χ3n) is 3.41. The van der Waals surface area contributed by atoms with Crippen LogP contribution in [0.25, 0.3) is 0 Å². The summed E-state index contributed by atoms with van der Waals surface area (Å²) in [5, 5.41) is 21.6. The number of aliphatic hydroxyl groups excluding tert-OH is 1. The minimum Gasteiger partial charge on any atom is -0.477 e. The summed E-state index contributed by atoms with van der Waals surface area (Å²) in [5.41, 5.74) is -0.125. The van der Waals surface area contributed by atoms with Gasteiger partial charge in [0.2, 0.25) is 6.10 Å². The molecule has 1 amide bonds. The van der Waals surface area contributed by atoms with Gasteiger partial charge in [-0.1, -0.05) is 5.16 Å². The SMILES string of the molecule is CC(O)C1CCN(C(=O)C2CC(C(=O)O)=NO2)C1. The molecule has 0 aromatic rings. The van der Waals surface area contributed by atoms with E-state index < -0.39 is 18.2 Å². The van der Waals surface area contributed by atoms with Crippen LogP contribution in [0.1, 0.15) is 19.8 Å². The number of carbonyl (C=O) groups excluding carboxylic acids is 1. The molecule has 3 unspecified atom stereocenters. The minimum atomic E-state index is -1.16. The van der Waals surface area contributed by atoms with Gasteiger partial charge >= 0.3 is 5.97 Å². The van der Waals surface area contributed by atoms with E-state index in [1.54, 1.807) is 11.8 Å². The predicted molar refractivity (Wildman–Crippen MR) is 60.9 cm³/mol. The first-order chi connectivity index (χ1) is 8.49. The minimum absolute atomic E-state index is 0.00398. The van der Waals surface area contributed by atoms with Crippen LogP contribution in [0.2, 0.25) is 0 Å². The second-order valence-corrected chi connectivity index (χ2v) is 4.71. The molecule has 0 aromatic carbocycles. The lowest BCUT2D eigenvalue weighted by atomic mass is 10.0. The van der Waals surface area contributed by atoms with Crippen molar-refractivity contribution < 1.29 is 24.6 Å². The number of carboxylic acids is 1. The average molecular weight is 256 g/mol. The van der Waals surface area contributed by atoms with E-state index in [1.807, 2.05) is 0 Å². The molecular weight excluding hydrogens is 240 g/mol. The second kappa shape index (κ2) is 4.93. The molecule has 1 saturated heterocycles. The molecule has 0 aliphatic carbocycles. The van der Waals surface area contributed by atoms with E-state index in [1.165, 1.54) is 0 Å². The Morgan fingerprint density at radius 2 is 2.28 bits per heavy atom. The first-order valence-corrected chi connectivity index (χ1v) is 5.92. The van der Waals surface area contributed by atoms with Crippen LogP contribution in [-0.4, -0.2) is 58.0 Å². The molecule has 2 N–H and O–H groups in total. The molecule has 0 aromatic heterocycles. The Hall–Kier alpha value is -1.63. The number of likely N-dealkylation sites (tertiary alicyclic amines) is 1. The monoisotopic (exact) mass is 256 g/mol. The third-order valence-corrected chi connectivity index (χ3v) is 3.41. The highest BCUT2D eigenvalue weighted by Gasteiger charge is 2.37. The summed E-state index contributed by atoms with van der Waals surface area (Å²) in [4.78, 5) is 29.2. The van der Waals surface area contributed by atoms with Crippen molar-refractivity contribution in [2.75, 3.05) is 13.1 Å². The van der Waals surface area contributed by atoms with E-state index in [0.717, 1.165) is 6.42 Å². The van der Waals surface area contributed by atoms with Gasteiger partial charge in [0.25, 0.3) is 5.91 Å². The maximum Gasteiger partial charge on any atom is 0.353 e. The van der Waals surface area contributed by atoms with Crippen molar-refractivity contribution in [3.8, 4) is 0 Å². The molecule has 2 aliphatic heterocycles. The Bertz CT molecular complexity index is 393. The van der Waals surface area contributed by atoms with Gasteiger partial charge in [0.1, 0.15) is 0 Å². The van der Waals surface area contributed by atoms with Crippen molar-refractivity contribution in [2.45, 2.75) is 32.0 Å². The van der Waals surface area contributed by atoms with Gasteiger partial charge in [-0.15, -0.1) is 0 Å². The molecule has 0 saturated carbocycles. The van der Waals surface area contributed by atoms with Gasteiger partial charge in [-0.25, -0.2) is 4.79 Å². The number of aliphatic hydroxyl groups is 1. The third kappa shape index (κ3) is 2.45. The number of carboxylic acid groups (broad SMARTS) is 1. The number of amides is 1. The maximum atomic E-state index is 12.0. The summed E-state index contributed by atoms with van der Waals surface area (Å²) in [6.45, 7) is 2.76. The molecule has 18 heavy (non-hydrogen) atoms. The van der Waals surface area contributed by atoms with E-state index in [9.17, 15) is 14.7 Å². The Morgan fingerprint density at radius 1 is 1.56 bits per heavy atom. The van der Waals surface area contributed by atoms with Crippen molar-refractivity contribution in [1.29, 1.82) is 0 Å². The van der Waals surface area contributed by atoms with Crippen molar-refractivity contribution in [3.63, 3.8) is 0 Å². The van der Waals surface area contributed by atoms with Crippen molar-refractivity contribution in [2.24, 2.45) is 11.1 Å². The number of hydrogen-bond acceptors (Lipinski definition) is 5. The summed E-state index contributed by atoms with van der Waals surface area (Å²) in [5.74, 6) is -1.33. The highest BCUT2D eigenvalue weighted by atomic mass is 16.6. The molecule has 2 rings (SSSR count).